The summed E-state index contributed by atoms with van der Waals surface area (Å²) in [5.74, 6) is -0.438. The first-order chi connectivity index (χ1) is 10.6. The van der Waals surface area contributed by atoms with E-state index in [9.17, 15) is 9.59 Å². The third-order valence-corrected chi connectivity index (χ3v) is 3.16. The van der Waals surface area contributed by atoms with Crippen molar-refractivity contribution in [2.45, 2.75) is 20.3 Å². The van der Waals surface area contributed by atoms with Crippen LogP contribution in [0.15, 0.2) is 34.5 Å². The second-order valence-electron chi connectivity index (χ2n) is 4.75. The van der Waals surface area contributed by atoms with Crippen LogP contribution in [0.3, 0.4) is 0 Å². The molecule has 7 heteroatoms. The number of benzene rings is 1. The van der Waals surface area contributed by atoms with E-state index >= 15 is 0 Å². The Kier molecular flexibility index (Phi) is 5.24. The first kappa shape index (κ1) is 15.7. The molecule has 0 aliphatic carbocycles. The van der Waals surface area contributed by atoms with Gasteiger partial charge in [-0.05, 0) is 26.0 Å². The highest BCUT2D eigenvalue weighted by Gasteiger charge is 2.28. The second kappa shape index (κ2) is 7.35. The standard InChI is InChI=1S/C15H18N4O3/c1-3-22-13-7-5-4-6-11(13)9-16-18-14(20)8-12-10(2)17-19-15(12)21/h4-7,9,12H,3,8H2,1-2H3,(H,18,20)(H,19,21)/b16-9-/t12-/m1/s1. The Morgan fingerprint density at radius 2 is 2.27 bits per heavy atom. The Balaban J connectivity index is 1.91. The minimum atomic E-state index is -0.522. The molecular weight excluding hydrogens is 284 g/mol. The van der Waals surface area contributed by atoms with Crippen LogP contribution in [0.25, 0.3) is 0 Å². The summed E-state index contributed by atoms with van der Waals surface area (Å²) < 4.78 is 5.46. The minimum absolute atomic E-state index is 0.0195. The predicted octanol–water partition coefficient (Wildman–Crippen LogP) is 1.05. The van der Waals surface area contributed by atoms with Crippen LogP contribution in [0.1, 0.15) is 25.8 Å². The van der Waals surface area contributed by atoms with E-state index in [0.717, 1.165) is 5.56 Å². The van der Waals surface area contributed by atoms with Crippen molar-refractivity contribution in [2.24, 2.45) is 16.1 Å². The normalized spacial score (nSPS) is 17.3. The van der Waals surface area contributed by atoms with Gasteiger partial charge in [-0.2, -0.15) is 10.2 Å². The molecule has 1 atom stereocenters. The molecular formula is C15H18N4O3. The molecule has 0 fully saturated rings. The number of amides is 2. The van der Waals surface area contributed by atoms with Crippen LogP contribution in [0.2, 0.25) is 0 Å². The van der Waals surface area contributed by atoms with E-state index in [0.29, 0.717) is 18.1 Å². The zero-order chi connectivity index (χ0) is 15.9. The molecule has 2 rings (SSSR count). The van der Waals surface area contributed by atoms with Crippen LogP contribution in [0.5, 0.6) is 5.75 Å². The average molecular weight is 302 g/mol. The Hall–Kier alpha value is -2.70. The maximum atomic E-state index is 11.8. The molecule has 1 aliphatic rings. The number of hydrazone groups is 2. The van der Waals surface area contributed by atoms with Gasteiger partial charge in [0.15, 0.2) is 0 Å². The van der Waals surface area contributed by atoms with E-state index in [-0.39, 0.29) is 18.2 Å². The van der Waals surface area contributed by atoms with Gasteiger partial charge in [-0.1, -0.05) is 12.1 Å². The lowest BCUT2D eigenvalue weighted by molar-refractivity contribution is -0.127. The summed E-state index contributed by atoms with van der Waals surface area (Å²) in [7, 11) is 0. The second-order valence-corrected chi connectivity index (χ2v) is 4.75. The molecule has 2 N–H and O–H groups in total. The van der Waals surface area contributed by atoms with Crippen LogP contribution in [0, 0.1) is 5.92 Å². The molecule has 116 valence electrons. The van der Waals surface area contributed by atoms with Gasteiger partial charge in [-0.3, -0.25) is 9.59 Å². The Bertz CT molecular complexity index is 625. The van der Waals surface area contributed by atoms with Crippen LogP contribution < -0.4 is 15.6 Å². The molecule has 1 aromatic rings. The van der Waals surface area contributed by atoms with Gasteiger partial charge in [0.2, 0.25) is 11.8 Å². The summed E-state index contributed by atoms with van der Waals surface area (Å²) in [6, 6.07) is 7.38. The predicted molar refractivity (Wildman–Crippen MR) is 82.7 cm³/mol. The highest BCUT2D eigenvalue weighted by Crippen LogP contribution is 2.15. The van der Waals surface area contributed by atoms with Gasteiger partial charge >= 0.3 is 0 Å². The van der Waals surface area contributed by atoms with Crippen LogP contribution in [0.4, 0.5) is 0 Å². The summed E-state index contributed by atoms with van der Waals surface area (Å²) in [4.78, 5) is 23.3. The van der Waals surface area contributed by atoms with Gasteiger partial charge in [0.05, 0.1) is 18.7 Å². The smallest absolute Gasteiger partial charge is 0.249 e. The fourth-order valence-corrected chi connectivity index (χ4v) is 2.01. The maximum Gasteiger partial charge on any atom is 0.249 e. The van der Waals surface area contributed by atoms with Gasteiger partial charge in [0.25, 0.3) is 0 Å². The minimum Gasteiger partial charge on any atom is -0.493 e. The summed E-state index contributed by atoms with van der Waals surface area (Å²) >= 11 is 0. The first-order valence-electron chi connectivity index (χ1n) is 6.99. The van der Waals surface area contributed by atoms with Gasteiger partial charge in [0, 0.05) is 17.7 Å². The van der Waals surface area contributed by atoms with Gasteiger partial charge < -0.3 is 4.74 Å². The van der Waals surface area contributed by atoms with Crippen molar-refractivity contribution in [2.75, 3.05) is 6.61 Å². The fraction of sp³-hybridized carbons (Fsp3) is 0.333. The van der Waals surface area contributed by atoms with E-state index in [1.165, 1.54) is 6.21 Å². The number of para-hydroxylation sites is 1. The van der Waals surface area contributed by atoms with Crippen LogP contribution >= 0.6 is 0 Å². The molecule has 0 saturated heterocycles. The summed E-state index contributed by atoms with van der Waals surface area (Å²) in [5, 5.41) is 7.69. The lowest BCUT2D eigenvalue weighted by atomic mass is 10.0. The molecule has 0 unspecified atom stereocenters. The van der Waals surface area contributed by atoms with Crippen molar-refractivity contribution in [3.8, 4) is 5.75 Å². The average Bonchev–Trinajstić information content (AvgIpc) is 2.81. The van der Waals surface area contributed by atoms with E-state index in [1.54, 1.807) is 6.92 Å². The third kappa shape index (κ3) is 3.91. The Labute approximate surface area is 128 Å². The number of carbonyl (C=O) groups is 2. The zero-order valence-corrected chi connectivity index (χ0v) is 12.5. The molecule has 7 nitrogen and oxygen atoms in total. The molecule has 0 spiro atoms. The molecule has 1 aliphatic heterocycles. The number of nitrogens with one attached hydrogen (secondary N) is 2. The maximum absolute atomic E-state index is 11.8. The van der Waals surface area contributed by atoms with Crippen molar-refractivity contribution < 1.29 is 14.3 Å². The lowest BCUT2D eigenvalue weighted by Crippen LogP contribution is -2.29. The lowest BCUT2D eigenvalue weighted by Gasteiger charge is -2.07. The summed E-state index contributed by atoms with van der Waals surface area (Å²) in [5.41, 5.74) is 6.12. The van der Waals surface area contributed by atoms with Crippen molar-refractivity contribution in [3.63, 3.8) is 0 Å². The number of ether oxygens (including phenoxy) is 1. The van der Waals surface area contributed by atoms with Crippen molar-refractivity contribution in [1.82, 2.24) is 10.9 Å². The molecule has 0 radical (unpaired) electrons. The highest BCUT2D eigenvalue weighted by molar-refractivity contribution is 6.09. The van der Waals surface area contributed by atoms with E-state index in [1.807, 2.05) is 31.2 Å². The van der Waals surface area contributed by atoms with E-state index < -0.39 is 5.92 Å². The number of nitrogens with zero attached hydrogens (tertiary/aromatic N) is 2. The molecule has 2 amide bonds. The Morgan fingerprint density at radius 1 is 1.50 bits per heavy atom. The SMILES string of the molecule is CCOc1ccccc1/C=N\NC(=O)C[C@H]1C(=O)NN=C1C. The molecule has 0 saturated carbocycles. The largest absolute Gasteiger partial charge is 0.493 e. The summed E-state index contributed by atoms with van der Waals surface area (Å²) in [6.45, 7) is 4.15. The van der Waals surface area contributed by atoms with Crippen molar-refractivity contribution in [3.05, 3.63) is 29.8 Å². The van der Waals surface area contributed by atoms with Gasteiger partial charge in [-0.25, -0.2) is 10.9 Å². The van der Waals surface area contributed by atoms with E-state index in [4.69, 9.17) is 4.74 Å². The van der Waals surface area contributed by atoms with Gasteiger partial charge in [-0.15, -0.1) is 0 Å². The molecule has 1 heterocycles. The number of hydrogen-bond donors (Lipinski definition) is 2. The topological polar surface area (TPSA) is 92.1 Å². The van der Waals surface area contributed by atoms with Crippen molar-refractivity contribution in [1.29, 1.82) is 0 Å². The monoisotopic (exact) mass is 302 g/mol. The quantitative estimate of drug-likeness (QED) is 0.607. The molecule has 0 bridgehead atoms. The number of rotatable bonds is 6. The first-order valence-corrected chi connectivity index (χ1v) is 6.99. The van der Waals surface area contributed by atoms with E-state index in [2.05, 4.69) is 21.1 Å². The molecule has 0 aromatic heterocycles. The highest BCUT2D eigenvalue weighted by atomic mass is 16.5. The van der Waals surface area contributed by atoms with Crippen LogP contribution in [-0.4, -0.2) is 30.3 Å². The number of carbonyl (C=O) groups excluding carboxylic acids is 2. The Morgan fingerprint density at radius 3 is 2.95 bits per heavy atom. The van der Waals surface area contributed by atoms with Crippen LogP contribution in [-0.2, 0) is 9.59 Å². The van der Waals surface area contributed by atoms with Gasteiger partial charge in [0.1, 0.15) is 5.75 Å². The summed E-state index contributed by atoms with van der Waals surface area (Å²) in [6.07, 6.45) is 1.53. The third-order valence-electron chi connectivity index (χ3n) is 3.16. The molecule has 1 aromatic carbocycles. The fourth-order valence-electron chi connectivity index (χ4n) is 2.01. The molecule has 22 heavy (non-hydrogen) atoms. The zero-order valence-electron chi connectivity index (χ0n) is 12.5. The number of hydrogen-bond acceptors (Lipinski definition) is 5. The van der Waals surface area contributed by atoms with Crippen molar-refractivity contribution >= 4 is 23.7 Å².